The van der Waals surface area contributed by atoms with Crippen molar-refractivity contribution in [2.75, 3.05) is 0 Å². The molecule has 0 radical (unpaired) electrons. The number of aliphatic hydroxyl groups excluding tert-OH is 1. The lowest BCUT2D eigenvalue weighted by Crippen LogP contribution is -2.39. The third-order valence-electron chi connectivity index (χ3n) is 5.29. The van der Waals surface area contributed by atoms with Gasteiger partial charge in [0.1, 0.15) is 11.6 Å². The second kappa shape index (κ2) is 5.84. The summed E-state index contributed by atoms with van der Waals surface area (Å²) in [6.45, 7) is 0. The van der Waals surface area contributed by atoms with Crippen LogP contribution in [0.2, 0.25) is 0 Å². The van der Waals surface area contributed by atoms with Gasteiger partial charge in [-0.05, 0) is 24.3 Å². The second-order valence-electron chi connectivity index (χ2n) is 6.84. The van der Waals surface area contributed by atoms with E-state index in [0.29, 0.717) is 30.3 Å². The minimum atomic E-state index is 0.00694. The van der Waals surface area contributed by atoms with Crippen molar-refractivity contribution in [2.24, 2.45) is 4.99 Å². The number of carbonyl (C=O) groups is 1. The lowest BCUT2D eigenvalue weighted by atomic mass is 9.82. The fourth-order valence-corrected chi connectivity index (χ4v) is 4.07. The molecule has 0 amide bonds. The molecule has 0 saturated heterocycles. The Labute approximate surface area is 136 Å². The molecule has 1 aliphatic heterocycles. The van der Waals surface area contributed by atoms with Crippen LogP contribution in [0.3, 0.4) is 0 Å². The van der Waals surface area contributed by atoms with Crippen molar-refractivity contribution in [3.05, 3.63) is 47.2 Å². The summed E-state index contributed by atoms with van der Waals surface area (Å²) in [5.74, 6) is 0.903. The SMILES string of the molecule is O=C1CC(c2ccccc2)CC(O)=C1C1=NC2CCCCC2N1. The van der Waals surface area contributed by atoms with E-state index in [1.54, 1.807) is 0 Å². The summed E-state index contributed by atoms with van der Waals surface area (Å²) < 4.78 is 0. The van der Waals surface area contributed by atoms with Crippen molar-refractivity contribution >= 4 is 11.6 Å². The first-order valence-corrected chi connectivity index (χ1v) is 8.57. The summed E-state index contributed by atoms with van der Waals surface area (Å²) in [5.41, 5.74) is 1.55. The fraction of sp³-hybridized carbons (Fsp3) is 0.474. The number of amidine groups is 1. The normalized spacial score (nSPS) is 30.7. The molecular formula is C19H22N2O2. The maximum Gasteiger partial charge on any atom is 0.170 e. The van der Waals surface area contributed by atoms with Gasteiger partial charge in [-0.25, -0.2) is 0 Å². The van der Waals surface area contributed by atoms with E-state index in [1.807, 2.05) is 30.3 Å². The number of nitrogens with zero attached hydrogens (tertiary/aromatic N) is 1. The van der Waals surface area contributed by atoms with Gasteiger partial charge in [-0.2, -0.15) is 0 Å². The van der Waals surface area contributed by atoms with Gasteiger partial charge in [-0.1, -0.05) is 43.2 Å². The molecule has 1 saturated carbocycles. The fourth-order valence-electron chi connectivity index (χ4n) is 4.07. The number of benzene rings is 1. The molecule has 2 N–H and O–H groups in total. The van der Waals surface area contributed by atoms with Gasteiger partial charge in [0.2, 0.25) is 0 Å². The standard InChI is InChI=1S/C19H22N2O2/c22-16-10-13(12-6-2-1-3-7-12)11-17(23)18(16)19-20-14-8-4-5-9-15(14)21-19/h1-3,6-7,13-15,22H,4-5,8-11H2,(H,20,21). The highest BCUT2D eigenvalue weighted by atomic mass is 16.3. The van der Waals surface area contributed by atoms with Crippen LogP contribution >= 0.6 is 0 Å². The number of rotatable bonds is 2. The first-order chi connectivity index (χ1) is 11.2. The molecule has 4 rings (SSSR count). The molecule has 3 aliphatic rings. The summed E-state index contributed by atoms with van der Waals surface area (Å²) in [5, 5.41) is 13.9. The summed E-state index contributed by atoms with van der Waals surface area (Å²) in [6.07, 6.45) is 5.56. The zero-order chi connectivity index (χ0) is 15.8. The van der Waals surface area contributed by atoms with E-state index in [4.69, 9.17) is 4.99 Å². The van der Waals surface area contributed by atoms with Gasteiger partial charge < -0.3 is 10.4 Å². The first kappa shape index (κ1) is 14.5. The molecule has 120 valence electrons. The van der Waals surface area contributed by atoms with Crippen LogP contribution in [-0.4, -0.2) is 28.8 Å². The van der Waals surface area contributed by atoms with Crippen molar-refractivity contribution in [1.29, 1.82) is 0 Å². The number of carbonyl (C=O) groups excluding carboxylic acids is 1. The molecule has 2 aliphatic carbocycles. The molecule has 23 heavy (non-hydrogen) atoms. The molecule has 1 aromatic carbocycles. The topological polar surface area (TPSA) is 61.7 Å². The quantitative estimate of drug-likeness (QED) is 0.881. The van der Waals surface area contributed by atoms with Crippen LogP contribution in [0.25, 0.3) is 0 Å². The summed E-state index contributed by atoms with van der Waals surface area (Å²) in [7, 11) is 0. The van der Waals surface area contributed by atoms with Crippen LogP contribution in [0.5, 0.6) is 0 Å². The van der Waals surface area contributed by atoms with E-state index in [0.717, 1.165) is 18.4 Å². The molecule has 3 unspecified atom stereocenters. The number of allylic oxidation sites excluding steroid dienone is 1. The van der Waals surface area contributed by atoms with Crippen LogP contribution in [0.15, 0.2) is 46.7 Å². The van der Waals surface area contributed by atoms with Crippen LogP contribution in [0, 0.1) is 0 Å². The summed E-state index contributed by atoms with van der Waals surface area (Å²) in [4.78, 5) is 17.3. The predicted molar refractivity (Wildman–Crippen MR) is 89.7 cm³/mol. The van der Waals surface area contributed by atoms with E-state index in [2.05, 4.69) is 5.32 Å². The highest BCUT2D eigenvalue weighted by Gasteiger charge is 2.37. The largest absolute Gasteiger partial charge is 0.511 e. The average Bonchev–Trinajstić information content (AvgIpc) is 2.98. The average molecular weight is 310 g/mol. The number of ketones is 1. The molecule has 4 heteroatoms. The Morgan fingerprint density at radius 2 is 1.87 bits per heavy atom. The van der Waals surface area contributed by atoms with Gasteiger partial charge >= 0.3 is 0 Å². The van der Waals surface area contributed by atoms with Crippen molar-refractivity contribution in [1.82, 2.24) is 5.32 Å². The number of aliphatic hydroxyl groups is 1. The Kier molecular flexibility index (Phi) is 3.68. The molecule has 4 nitrogen and oxygen atoms in total. The zero-order valence-corrected chi connectivity index (χ0v) is 13.2. The number of fused-ring (bicyclic) bond motifs is 1. The van der Waals surface area contributed by atoms with E-state index in [1.165, 1.54) is 12.8 Å². The van der Waals surface area contributed by atoms with E-state index < -0.39 is 0 Å². The van der Waals surface area contributed by atoms with Gasteiger partial charge in [0, 0.05) is 18.9 Å². The number of hydrogen-bond donors (Lipinski definition) is 2. The number of nitrogens with one attached hydrogen (secondary N) is 1. The number of hydrogen-bond acceptors (Lipinski definition) is 4. The van der Waals surface area contributed by atoms with Gasteiger partial charge in [-0.3, -0.25) is 9.79 Å². The Morgan fingerprint density at radius 1 is 1.09 bits per heavy atom. The van der Waals surface area contributed by atoms with Crippen LogP contribution in [0.4, 0.5) is 0 Å². The summed E-state index contributed by atoms with van der Waals surface area (Å²) >= 11 is 0. The smallest absolute Gasteiger partial charge is 0.170 e. The molecular weight excluding hydrogens is 288 g/mol. The minimum Gasteiger partial charge on any atom is -0.511 e. The van der Waals surface area contributed by atoms with Gasteiger partial charge in [-0.15, -0.1) is 0 Å². The third kappa shape index (κ3) is 2.67. The molecule has 0 bridgehead atoms. The maximum absolute atomic E-state index is 12.6. The first-order valence-electron chi connectivity index (χ1n) is 8.57. The Hall–Kier alpha value is -2.10. The monoisotopic (exact) mass is 310 g/mol. The van der Waals surface area contributed by atoms with Crippen LogP contribution in [-0.2, 0) is 4.79 Å². The number of Topliss-reactive ketones (excluding diaryl/α,β-unsaturated/α-hetero) is 1. The zero-order valence-electron chi connectivity index (χ0n) is 13.2. The highest BCUT2D eigenvalue weighted by molar-refractivity contribution is 6.23. The molecule has 0 aromatic heterocycles. The van der Waals surface area contributed by atoms with Gasteiger partial charge in [0.05, 0.1) is 11.6 Å². The van der Waals surface area contributed by atoms with E-state index in [-0.39, 0.29) is 23.5 Å². The predicted octanol–water partition coefficient (Wildman–Crippen LogP) is 3.26. The van der Waals surface area contributed by atoms with Crippen molar-refractivity contribution in [2.45, 2.75) is 56.5 Å². The third-order valence-corrected chi connectivity index (χ3v) is 5.29. The van der Waals surface area contributed by atoms with Crippen molar-refractivity contribution < 1.29 is 9.90 Å². The van der Waals surface area contributed by atoms with Crippen LogP contribution < -0.4 is 5.32 Å². The van der Waals surface area contributed by atoms with E-state index in [9.17, 15) is 9.90 Å². The van der Waals surface area contributed by atoms with Gasteiger partial charge in [0.15, 0.2) is 5.78 Å². The number of aliphatic imine (C=N–C) groups is 1. The van der Waals surface area contributed by atoms with E-state index >= 15 is 0 Å². The van der Waals surface area contributed by atoms with Crippen LogP contribution in [0.1, 0.15) is 50.0 Å². The minimum absolute atomic E-state index is 0.00694. The van der Waals surface area contributed by atoms with Crippen molar-refractivity contribution in [3.8, 4) is 0 Å². The Morgan fingerprint density at radius 3 is 2.61 bits per heavy atom. The molecule has 3 atom stereocenters. The highest BCUT2D eigenvalue weighted by Crippen LogP contribution is 2.35. The second-order valence-corrected chi connectivity index (χ2v) is 6.84. The summed E-state index contributed by atoms with van der Waals surface area (Å²) in [6, 6.07) is 10.6. The lowest BCUT2D eigenvalue weighted by Gasteiger charge is -2.25. The molecule has 1 aromatic rings. The molecule has 1 heterocycles. The molecule has 0 spiro atoms. The molecule has 1 fully saturated rings. The van der Waals surface area contributed by atoms with Crippen molar-refractivity contribution in [3.63, 3.8) is 0 Å². The Balaban J connectivity index is 1.59. The Bertz CT molecular complexity index is 678. The maximum atomic E-state index is 12.6. The lowest BCUT2D eigenvalue weighted by molar-refractivity contribution is -0.116. The van der Waals surface area contributed by atoms with Gasteiger partial charge in [0.25, 0.3) is 0 Å².